The van der Waals surface area contributed by atoms with E-state index in [0.717, 1.165) is 0 Å². The molecule has 0 fully saturated rings. The molecule has 14 heavy (non-hydrogen) atoms. The number of benzene rings is 1. The number of hydrogen-bond donors (Lipinski definition) is 1. The van der Waals surface area contributed by atoms with E-state index < -0.39 is 11.8 Å². The van der Waals surface area contributed by atoms with Gasteiger partial charge in [0, 0.05) is 5.56 Å². The smallest absolute Gasteiger partial charge is 0.307 e. The summed E-state index contributed by atoms with van der Waals surface area (Å²) in [6.07, 6.45) is -0.192. The first kappa shape index (κ1) is 11.0. The summed E-state index contributed by atoms with van der Waals surface area (Å²) in [6, 6.07) is 2.60. The molecule has 0 heterocycles. The lowest BCUT2D eigenvalue weighted by Crippen LogP contribution is -2.03. The van der Waals surface area contributed by atoms with Gasteiger partial charge in [-0.2, -0.15) is 0 Å². The number of ether oxygens (including phenoxy) is 1. The fourth-order valence-electron chi connectivity index (χ4n) is 1.09. The summed E-state index contributed by atoms with van der Waals surface area (Å²) in [7, 11) is 1.37. The molecule has 0 atom stereocenters. The summed E-state index contributed by atoms with van der Waals surface area (Å²) in [5.41, 5.74) is 0.438. The van der Waals surface area contributed by atoms with E-state index in [1.54, 1.807) is 0 Å². The van der Waals surface area contributed by atoms with E-state index in [9.17, 15) is 9.18 Å². The molecule has 0 aliphatic carbocycles. The van der Waals surface area contributed by atoms with Crippen LogP contribution in [0.5, 0.6) is 5.75 Å². The van der Waals surface area contributed by atoms with Crippen LogP contribution in [0.15, 0.2) is 16.6 Å². The number of hydrogen-bond acceptors (Lipinski definition) is 2. The number of carbonyl (C=O) groups is 1. The summed E-state index contributed by atoms with van der Waals surface area (Å²) in [6.45, 7) is 0. The van der Waals surface area contributed by atoms with Crippen molar-refractivity contribution >= 4 is 21.9 Å². The molecule has 0 aromatic heterocycles. The van der Waals surface area contributed by atoms with Crippen LogP contribution in [0.1, 0.15) is 5.56 Å². The monoisotopic (exact) mass is 262 g/mol. The van der Waals surface area contributed by atoms with Crippen LogP contribution < -0.4 is 4.74 Å². The Bertz CT molecular complexity index is 365. The Balaban J connectivity index is 3.17. The number of rotatable bonds is 3. The minimum Gasteiger partial charge on any atom is -0.495 e. The largest absolute Gasteiger partial charge is 0.495 e. The number of carboxylic acids is 1. The van der Waals surface area contributed by atoms with Gasteiger partial charge in [-0.1, -0.05) is 6.07 Å². The minimum absolute atomic E-state index is 0.152. The van der Waals surface area contributed by atoms with Gasteiger partial charge in [0.25, 0.3) is 0 Å². The van der Waals surface area contributed by atoms with Gasteiger partial charge < -0.3 is 9.84 Å². The fraction of sp³-hybridized carbons (Fsp3) is 0.222. The van der Waals surface area contributed by atoms with Crippen LogP contribution in [0.25, 0.3) is 0 Å². The molecule has 0 aliphatic rings. The predicted molar refractivity (Wildman–Crippen MR) is 52.0 cm³/mol. The quantitative estimate of drug-likeness (QED) is 0.909. The van der Waals surface area contributed by atoms with Crippen molar-refractivity contribution in [2.75, 3.05) is 7.11 Å². The maximum absolute atomic E-state index is 13.0. The Kier molecular flexibility index (Phi) is 3.46. The van der Waals surface area contributed by atoms with Gasteiger partial charge in [-0.25, -0.2) is 4.39 Å². The third-order valence-corrected chi connectivity index (χ3v) is 2.42. The molecule has 0 unspecified atom stereocenters. The summed E-state index contributed by atoms with van der Waals surface area (Å²) < 4.78 is 18.1. The van der Waals surface area contributed by atoms with Gasteiger partial charge in [0.05, 0.1) is 18.0 Å². The molecule has 0 bridgehead atoms. The zero-order valence-corrected chi connectivity index (χ0v) is 8.97. The average Bonchev–Trinajstić information content (AvgIpc) is 2.11. The SMILES string of the molecule is COc1c(CC(=O)O)ccc(F)c1Br. The number of carboxylic acid groups (broad SMARTS) is 1. The van der Waals surface area contributed by atoms with Gasteiger partial charge in [-0.15, -0.1) is 0 Å². The molecule has 3 nitrogen and oxygen atoms in total. The molecular weight excluding hydrogens is 255 g/mol. The molecule has 1 rings (SSSR count). The number of aliphatic carboxylic acids is 1. The normalized spacial score (nSPS) is 9.93. The Labute approximate surface area is 88.6 Å². The van der Waals surface area contributed by atoms with Crippen molar-refractivity contribution in [3.8, 4) is 5.75 Å². The first-order valence-corrected chi connectivity index (χ1v) is 4.58. The molecule has 0 saturated heterocycles. The first-order valence-electron chi connectivity index (χ1n) is 3.79. The maximum atomic E-state index is 13.0. The van der Waals surface area contributed by atoms with E-state index in [2.05, 4.69) is 15.9 Å². The summed E-state index contributed by atoms with van der Waals surface area (Å²) in [5.74, 6) is -1.23. The average molecular weight is 263 g/mol. The number of halogens is 2. The van der Waals surface area contributed by atoms with Gasteiger partial charge in [-0.05, 0) is 22.0 Å². The van der Waals surface area contributed by atoms with Crippen LogP contribution in [-0.4, -0.2) is 18.2 Å². The molecule has 0 saturated carbocycles. The van der Waals surface area contributed by atoms with E-state index >= 15 is 0 Å². The van der Waals surface area contributed by atoms with Crippen LogP contribution in [-0.2, 0) is 11.2 Å². The molecule has 0 radical (unpaired) electrons. The van der Waals surface area contributed by atoms with Crippen LogP contribution in [0, 0.1) is 5.82 Å². The highest BCUT2D eigenvalue weighted by Crippen LogP contribution is 2.31. The molecule has 0 spiro atoms. The summed E-state index contributed by atoms with van der Waals surface area (Å²) in [4.78, 5) is 10.5. The van der Waals surface area contributed by atoms with E-state index in [4.69, 9.17) is 9.84 Å². The van der Waals surface area contributed by atoms with Crippen molar-refractivity contribution in [2.45, 2.75) is 6.42 Å². The van der Waals surface area contributed by atoms with Crippen LogP contribution in [0.4, 0.5) is 4.39 Å². The van der Waals surface area contributed by atoms with Crippen molar-refractivity contribution in [1.82, 2.24) is 0 Å². The molecular formula is C9H8BrFO3. The fourth-order valence-corrected chi connectivity index (χ4v) is 1.64. The van der Waals surface area contributed by atoms with E-state index in [-0.39, 0.29) is 16.6 Å². The molecule has 1 aromatic rings. The Morgan fingerprint density at radius 2 is 2.29 bits per heavy atom. The Hall–Kier alpha value is -1.10. The van der Waals surface area contributed by atoms with Crippen molar-refractivity contribution in [2.24, 2.45) is 0 Å². The standard InChI is InChI=1S/C9H8BrFO3/c1-14-9-5(4-7(12)13)2-3-6(11)8(9)10/h2-3H,4H2,1H3,(H,12,13). The Morgan fingerprint density at radius 1 is 1.64 bits per heavy atom. The first-order chi connectivity index (χ1) is 6.56. The van der Waals surface area contributed by atoms with Crippen LogP contribution in [0.3, 0.4) is 0 Å². The maximum Gasteiger partial charge on any atom is 0.307 e. The van der Waals surface area contributed by atoms with Gasteiger partial charge in [0.1, 0.15) is 11.6 Å². The molecule has 5 heteroatoms. The van der Waals surface area contributed by atoms with Gasteiger partial charge >= 0.3 is 5.97 Å². The number of methoxy groups -OCH3 is 1. The second-order valence-corrected chi connectivity index (χ2v) is 3.42. The topological polar surface area (TPSA) is 46.5 Å². The second kappa shape index (κ2) is 4.41. The van der Waals surface area contributed by atoms with Crippen molar-refractivity contribution in [1.29, 1.82) is 0 Å². The van der Waals surface area contributed by atoms with Crippen LogP contribution >= 0.6 is 15.9 Å². The highest BCUT2D eigenvalue weighted by Gasteiger charge is 2.13. The summed E-state index contributed by atoms with van der Waals surface area (Å²) in [5, 5.41) is 8.58. The van der Waals surface area contributed by atoms with Gasteiger partial charge in [-0.3, -0.25) is 4.79 Å². The zero-order valence-electron chi connectivity index (χ0n) is 7.38. The molecule has 1 N–H and O–H groups in total. The highest BCUT2D eigenvalue weighted by atomic mass is 79.9. The second-order valence-electron chi connectivity index (χ2n) is 2.62. The molecule has 76 valence electrons. The lowest BCUT2D eigenvalue weighted by Gasteiger charge is -2.08. The van der Waals surface area contributed by atoms with E-state index in [0.29, 0.717) is 5.56 Å². The summed E-state index contributed by atoms with van der Waals surface area (Å²) >= 11 is 2.99. The lowest BCUT2D eigenvalue weighted by molar-refractivity contribution is -0.136. The van der Waals surface area contributed by atoms with Gasteiger partial charge in [0.15, 0.2) is 0 Å². The minimum atomic E-state index is -0.984. The Morgan fingerprint density at radius 3 is 2.79 bits per heavy atom. The molecule has 0 aliphatic heterocycles. The third-order valence-electron chi connectivity index (χ3n) is 1.68. The van der Waals surface area contributed by atoms with Crippen molar-refractivity contribution < 1.29 is 19.0 Å². The van der Waals surface area contributed by atoms with Crippen LogP contribution in [0.2, 0.25) is 0 Å². The van der Waals surface area contributed by atoms with E-state index in [1.165, 1.54) is 19.2 Å². The van der Waals surface area contributed by atoms with Gasteiger partial charge in [0.2, 0.25) is 0 Å². The van der Waals surface area contributed by atoms with Crippen molar-refractivity contribution in [3.63, 3.8) is 0 Å². The third kappa shape index (κ3) is 2.23. The van der Waals surface area contributed by atoms with Crippen molar-refractivity contribution in [3.05, 3.63) is 28.0 Å². The molecule has 1 aromatic carbocycles. The zero-order chi connectivity index (χ0) is 10.7. The lowest BCUT2D eigenvalue weighted by atomic mass is 10.1. The highest BCUT2D eigenvalue weighted by molar-refractivity contribution is 9.10. The molecule has 0 amide bonds. The van der Waals surface area contributed by atoms with E-state index in [1.807, 2.05) is 0 Å². The predicted octanol–water partition coefficient (Wildman–Crippen LogP) is 2.22.